The standard InChI is InChI=1S/C32H52BNO3/c1-29(2,3)23-28(35)32(8,17-11-12-18-33-36-30(4,5)31(6,7)37-33)26-15-19-34(20-16-26)27-21-24-13-9-10-14-25(24)22-27/h9-10,13-14,26-27H,11-12,15-23H2,1-8H3. The first-order chi connectivity index (χ1) is 17.2. The lowest BCUT2D eigenvalue weighted by molar-refractivity contribution is -0.134. The van der Waals surface area contributed by atoms with Crippen LogP contribution in [-0.2, 0) is 26.9 Å². The fourth-order valence-corrected chi connectivity index (χ4v) is 6.84. The number of benzene rings is 1. The van der Waals surface area contributed by atoms with E-state index in [9.17, 15) is 4.79 Å². The Hall–Kier alpha value is -1.17. The van der Waals surface area contributed by atoms with Gasteiger partial charge in [0.25, 0.3) is 0 Å². The van der Waals surface area contributed by atoms with Gasteiger partial charge in [0.2, 0.25) is 0 Å². The zero-order chi connectivity index (χ0) is 27.1. The number of carbonyl (C=O) groups is 1. The molecule has 2 aliphatic heterocycles. The van der Waals surface area contributed by atoms with Crippen LogP contribution in [0.3, 0.4) is 0 Å². The maximum atomic E-state index is 13.8. The summed E-state index contributed by atoms with van der Waals surface area (Å²) in [6.45, 7) is 19.6. The van der Waals surface area contributed by atoms with Gasteiger partial charge in [-0.05, 0) is 102 Å². The molecule has 1 aromatic carbocycles. The lowest BCUT2D eigenvalue weighted by Crippen LogP contribution is -2.47. The SMILES string of the molecule is CC(C)(C)CC(=O)C(C)(CCCCB1OC(C)(C)C(C)(C)O1)C1CCN(C2Cc3ccccc3C2)CC1. The largest absolute Gasteiger partial charge is 0.457 e. The predicted molar refractivity (Wildman–Crippen MR) is 154 cm³/mol. The van der Waals surface area contributed by atoms with Crippen LogP contribution >= 0.6 is 0 Å². The van der Waals surface area contributed by atoms with Crippen LogP contribution in [0.1, 0.15) is 105 Å². The summed E-state index contributed by atoms with van der Waals surface area (Å²) in [5.41, 5.74) is 2.29. The Morgan fingerprint density at radius 1 is 0.946 bits per heavy atom. The van der Waals surface area contributed by atoms with Crippen LogP contribution in [-0.4, -0.2) is 48.1 Å². The van der Waals surface area contributed by atoms with Gasteiger partial charge >= 0.3 is 7.12 Å². The Balaban J connectivity index is 1.34. The lowest BCUT2D eigenvalue weighted by Gasteiger charge is -2.44. The predicted octanol–water partition coefficient (Wildman–Crippen LogP) is 7.14. The van der Waals surface area contributed by atoms with Gasteiger partial charge in [-0.15, -0.1) is 0 Å². The van der Waals surface area contributed by atoms with Gasteiger partial charge in [-0.2, -0.15) is 0 Å². The van der Waals surface area contributed by atoms with Crippen molar-refractivity contribution in [3.05, 3.63) is 35.4 Å². The Labute approximate surface area is 227 Å². The highest BCUT2D eigenvalue weighted by atomic mass is 16.7. The number of carbonyl (C=O) groups excluding carboxylic acids is 1. The molecule has 2 heterocycles. The number of hydrogen-bond acceptors (Lipinski definition) is 4. The number of fused-ring (bicyclic) bond motifs is 1. The van der Waals surface area contributed by atoms with E-state index in [4.69, 9.17) is 9.31 Å². The second kappa shape index (κ2) is 10.8. The van der Waals surface area contributed by atoms with Gasteiger partial charge in [0, 0.05) is 17.9 Å². The summed E-state index contributed by atoms with van der Waals surface area (Å²) in [6.07, 6.45) is 9.26. The molecule has 2 saturated heterocycles. The molecule has 5 heteroatoms. The van der Waals surface area contributed by atoms with Crippen LogP contribution in [0.4, 0.5) is 0 Å². The molecule has 206 valence electrons. The van der Waals surface area contributed by atoms with Crippen LogP contribution in [0.2, 0.25) is 6.32 Å². The molecule has 3 aliphatic rings. The van der Waals surface area contributed by atoms with Crippen LogP contribution in [0.25, 0.3) is 0 Å². The van der Waals surface area contributed by atoms with Crippen molar-refractivity contribution in [2.75, 3.05) is 13.1 Å². The summed E-state index contributed by atoms with van der Waals surface area (Å²) in [7, 11) is -0.139. The maximum absolute atomic E-state index is 13.8. The number of piperidine rings is 1. The molecule has 0 aromatic heterocycles. The second-order valence-corrected chi connectivity index (χ2v) is 14.7. The molecule has 0 bridgehead atoms. The fraction of sp³-hybridized carbons (Fsp3) is 0.781. The number of ketones is 1. The van der Waals surface area contributed by atoms with Crippen molar-refractivity contribution < 1.29 is 14.1 Å². The summed E-state index contributed by atoms with van der Waals surface area (Å²) in [5.74, 6) is 0.946. The van der Waals surface area contributed by atoms with E-state index in [1.54, 1.807) is 0 Å². The molecule has 1 aliphatic carbocycles. The zero-order valence-corrected chi connectivity index (χ0v) is 25.0. The Kier molecular flexibility index (Phi) is 8.40. The Morgan fingerprint density at radius 3 is 2.00 bits per heavy atom. The molecule has 0 amide bonds. The van der Waals surface area contributed by atoms with Crippen molar-refractivity contribution in [1.82, 2.24) is 4.90 Å². The Morgan fingerprint density at radius 2 is 1.49 bits per heavy atom. The molecule has 4 nitrogen and oxygen atoms in total. The fourth-order valence-electron chi connectivity index (χ4n) is 6.84. The zero-order valence-electron chi connectivity index (χ0n) is 25.0. The average Bonchev–Trinajstić information content (AvgIpc) is 3.32. The molecule has 2 fully saturated rings. The minimum atomic E-state index is -0.274. The number of unbranched alkanes of at least 4 members (excludes halogenated alkanes) is 1. The summed E-state index contributed by atoms with van der Waals surface area (Å²) in [5, 5.41) is 0. The van der Waals surface area contributed by atoms with Crippen molar-refractivity contribution in [3.8, 4) is 0 Å². The molecule has 37 heavy (non-hydrogen) atoms. The van der Waals surface area contributed by atoms with E-state index < -0.39 is 0 Å². The molecule has 1 atom stereocenters. The summed E-state index contributed by atoms with van der Waals surface area (Å²) >= 11 is 0. The van der Waals surface area contributed by atoms with E-state index in [0.717, 1.165) is 51.5 Å². The van der Waals surface area contributed by atoms with E-state index in [1.165, 1.54) is 24.0 Å². The molecule has 1 unspecified atom stereocenters. The smallest absolute Gasteiger partial charge is 0.403 e. The second-order valence-electron chi connectivity index (χ2n) is 14.7. The molecule has 1 aromatic rings. The van der Waals surface area contributed by atoms with Crippen LogP contribution in [0.15, 0.2) is 24.3 Å². The molecular weight excluding hydrogens is 457 g/mol. The average molecular weight is 510 g/mol. The minimum Gasteiger partial charge on any atom is -0.403 e. The van der Waals surface area contributed by atoms with Gasteiger partial charge in [0.05, 0.1) is 11.2 Å². The lowest BCUT2D eigenvalue weighted by atomic mass is 9.64. The van der Waals surface area contributed by atoms with Gasteiger partial charge in [-0.3, -0.25) is 9.69 Å². The Bertz CT molecular complexity index is 903. The van der Waals surface area contributed by atoms with Crippen LogP contribution < -0.4 is 0 Å². The van der Waals surface area contributed by atoms with Crippen LogP contribution in [0, 0.1) is 16.7 Å². The van der Waals surface area contributed by atoms with Crippen molar-refractivity contribution in [3.63, 3.8) is 0 Å². The number of likely N-dealkylation sites (tertiary alicyclic amines) is 1. The topological polar surface area (TPSA) is 38.8 Å². The number of rotatable bonds is 9. The third kappa shape index (κ3) is 6.53. The van der Waals surface area contributed by atoms with Gasteiger partial charge in [-0.1, -0.05) is 64.8 Å². The highest BCUT2D eigenvalue weighted by Crippen LogP contribution is 2.44. The normalized spacial score (nSPS) is 24.3. The molecular formula is C32H52BNO3. The van der Waals surface area contributed by atoms with Crippen molar-refractivity contribution in [2.45, 2.75) is 130 Å². The van der Waals surface area contributed by atoms with E-state index in [-0.39, 0.29) is 29.2 Å². The summed E-state index contributed by atoms with van der Waals surface area (Å²) in [6, 6.07) is 9.58. The maximum Gasteiger partial charge on any atom is 0.457 e. The van der Waals surface area contributed by atoms with Gasteiger partial charge in [-0.25, -0.2) is 0 Å². The summed E-state index contributed by atoms with van der Waals surface area (Å²) < 4.78 is 12.4. The van der Waals surface area contributed by atoms with Crippen LogP contribution in [0.5, 0.6) is 0 Å². The third-order valence-electron chi connectivity index (χ3n) is 9.99. The van der Waals surface area contributed by atoms with E-state index >= 15 is 0 Å². The minimum absolute atomic E-state index is 0.0252. The molecule has 0 N–H and O–H groups in total. The molecule has 4 rings (SSSR count). The van der Waals surface area contributed by atoms with Gasteiger partial charge in [0.15, 0.2) is 0 Å². The number of hydrogen-bond donors (Lipinski definition) is 0. The first-order valence-corrected chi connectivity index (χ1v) is 14.9. The highest BCUT2D eigenvalue weighted by molar-refractivity contribution is 6.45. The quantitative estimate of drug-likeness (QED) is 0.262. The number of Topliss-reactive ketones (excluding diaryl/α,β-unsaturated/α-hetero) is 1. The first kappa shape index (κ1) is 28.8. The first-order valence-electron chi connectivity index (χ1n) is 14.9. The third-order valence-corrected chi connectivity index (χ3v) is 9.99. The van der Waals surface area contributed by atoms with E-state index in [0.29, 0.717) is 24.2 Å². The van der Waals surface area contributed by atoms with Gasteiger partial charge in [0.1, 0.15) is 5.78 Å². The van der Waals surface area contributed by atoms with E-state index in [1.807, 2.05) is 0 Å². The van der Waals surface area contributed by atoms with Crippen molar-refractivity contribution >= 4 is 12.9 Å². The number of nitrogens with zero attached hydrogens (tertiary/aromatic N) is 1. The molecule has 0 saturated carbocycles. The highest BCUT2D eigenvalue weighted by Gasteiger charge is 2.50. The van der Waals surface area contributed by atoms with Gasteiger partial charge < -0.3 is 9.31 Å². The summed E-state index contributed by atoms with van der Waals surface area (Å²) in [4.78, 5) is 16.5. The molecule has 0 radical (unpaired) electrons. The van der Waals surface area contributed by atoms with E-state index in [2.05, 4.69) is 84.6 Å². The molecule has 0 spiro atoms. The van der Waals surface area contributed by atoms with Crippen molar-refractivity contribution in [1.29, 1.82) is 0 Å². The monoisotopic (exact) mass is 509 g/mol. The van der Waals surface area contributed by atoms with Crippen molar-refractivity contribution in [2.24, 2.45) is 16.7 Å².